The number of Topliss-reactive ketones (excluding diaryl/α,β-unsaturated/α-hetero) is 1. The summed E-state index contributed by atoms with van der Waals surface area (Å²) in [5, 5.41) is 9.14. The number of carbonyl (C=O) groups excluding carboxylic acids is 1. The van der Waals surface area contributed by atoms with Gasteiger partial charge in [-0.2, -0.15) is 31.4 Å². The fraction of sp³-hybridized carbons (Fsp3) is 0.143. The molecule has 1 aliphatic carbocycles. The summed E-state index contributed by atoms with van der Waals surface area (Å²) in [4.78, 5) is 10.5. The largest absolute Gasteiger partial charge is 0.511 e. The number of carbonyl (C=O) groups is 1. The molecule has 0 saturated heterocycles. The zero-order valence-corrected chi connectivity index (χ0v) is 11.4. The summed E-state index contributed by atoms with van der Waals surface area (Å²) >= 11 is 0. The van der Waals surface area contributed by atoms with E-state index in [1.165, 1.54) is 12.2 Å². The van der Waals surface area contributed by atoms with Crippen LogP contribution in [0, 0.1) is 0 Å². The van der Waals surface area contributed by atoms with Crippen molar-refractivity contribution in [2.45, 2.75) is 12.6 Å². The van der Waals surface area contributed by atoms with Gasteiger partial charge in [0.05, 0.1) is 6.42 Å². The third-order valence-electron chi connectivity index (χ3n) is 2.20. The van der Waals surface area contributed by atoms with Crippen molar-refractivity contribution in [3.63, 3.8) is 0 Å². The van der Waals surface area contributed by atoms with E-state index in [0.29, 0.717) is 0 Å². The van der Waals surface area contributed by atoms with Crippen LogP contribution >= 0.6 is 0 Å². The molecule has 20 heavy (non-hydrogen) atoms. The minimum absolute atomic E-state index is 0. The van der Waals surface area contributed by atoms with Crippen LogP contribution in [0.2, 0.25) is 0 Å². The Morgan fingerprint density at radius 2 is 1.65 bits per heavy atom. The van der Waals surface area contributed by atoms with Crippen LogP contribution in [-0.4, -0.2) is 17.1 Å². The summed E-state index contributed by atoms with van der Waals surface area (Å²) in [5.74, 6) is -2.51. The first-order valence-corrected chi connectivity index (χ1v) is 5.45. The maximum atomic E-state index is 11.8. The molecule has 0 bridgehead atoms. The molecule has 0 saturated carbocycles. The molecule has 0 radical (unpaired) electrons. The van der Waals surface area contributed by atoms with E-state index in [4.69, 9.17) is 5.11 Å². The van der Waals surface area contributed by atoms with Crippen molar-refractivity contribution >= 4 is 5.78 Å². The molecule has 0 aliphatic heterocycles. The number of rotatable bonds is 2. The first-order chi connectivity index (χ1) is 8.91. The van der Waals surface area contributed by atoms with Crippen LogP contribution in [0.5, 0.6) is 0 Å². The maximum Gasteiger partial charge on any atom is 0.450 e. The molecule has 0 spiro atoms. The summed E-state index contributed by atoms with van der Waals surface area (Å²) in [6.45, 7) is 0. The fourth-order valence-corrected chi connectivity index (χ4v) is 1.24. The van der Waals surface area contributed by atoms with Crippen LogP contribution in [0.25, 0.3) is 0 Å². The molecule has 0 aromatic heterocycles. The Kier molecular flexibility index (Phi) is 7.80. The molecule has 0 heterocycles. The Morgan fingerprint density at radius 1 is 1.15 bits per heavy atom. The van der Waals surface area contributed by atoms with Gasteiger partial charge in [-0.3, -0.25) is 4.79 Å². The summed E-state index contributed by atoms with van der Waals surface area (Å²) in [5.41, 5.74) is 0.239. The van der Waals surface area contributed by atoms with Gasteiger partial charge in [0.2, 0.25) is 5.78 Å². The second-order valence-electron chi connectivity index (χ2n) is 3.68. The molecule has 0 atom stereocenters. The summed E-state index contributed by atoms with van der Waals surface area (Å²) in [6.07, 6.45) is 0.0826. The second kappa shape index (κ2) is 8.51. The van der Waals surface area contributed by atoms with Crippen molar-refractivity contribution in [1.82, 2.24) is 0 Å². The summed E-state index contributed by atoms with van der Waals surface area (Å²) in [7, 11) is 0. The van der Waals surface area contributed by atoms with Gasteiger partial charge >= 0.3 is 6.18 Å². The van der Waals surface area contributed by atoms with E-state index < -0.39 is 24.1 Å². The van der Waals surface area contributed by atoms with E-state index in [0.717, 1.165) is 0 Å². The minimum Gasteiger partial charge on any atom is -0.511 e. The zero-order chi connectivity index (χ0) is 14.3. The van der Waals surface area contributed by atoms with Gasteiger partial charge in [-0.15, -0.1) is 0 Å². The first kappa shape index (κ1) is 18.3. The van der Waals surface area contributed by atoms with Crippen LogP contribution in [0.15, 0.2) is 66.0 Å². The number of halogens is 3. The van der Waals surface area contributed by atoms with Crippen LogP contribution in [-0.2, 0) is 21.9 Å². The monoisotopic (exact) mass is 325 g/mol. The Morgan fingerprint density at radius 3 is 2.00 bits per heavy atom. The van der Waals surface area contributed by atoms with E-state index in [2.05, 4.69) is 0 Å². The quantitative estimate of drug-likeness (QED) is 0.509. The number of aliphatic hydroxyl groups excluding tert-OH is 1. The van der Waals surface area contributed by atoms with E-state index in [1.54, 1.807) is 12.2 Å². The molecule has 1 aromatic rings. The number of hydrogen-bond donors (Lipinski definition) is 1. The van der Waals surface area contributed by atoms with E-state index >= 15 is 0 Å². The molecule has 6 heteroatoms. The molecule has 1 aliphatic rings. The molecular weight excluding hydrogens is 313 g/mol. The molecule has 0 fully saturated rings. The number of ketones is 1. The maximum absolute atomic E-state index is 11.8. The molecule has 1 aromatic carbocycles. The third kappa shape index (κ3) is 6.50. The fourth-order valence-electron chi connectivity index (χ4n) is 1.24. The number of allylic oxidation sites excluding steroid dienone is 6. The van der Waals surface area contributed by atoms with Crippen molar-refractivity contribution in [2.24, 2.45) is 0 Å². The average Bonchev–Trinajstić information content (AvgIpc) is 3.04. The molecule has 110 valence electrons. The van der Waals surface area contributed by atoms with Gasteiger partial charge in [0.15, 0.2) is 0 Å². The Labute approximate surface area is 125 Å². The van der Waals surface area contributed by atoms with Gasteiger partial charge in [0.25, 0.3) is 0 Å². The minimum atomic E-state index is -4.89. The van der Waals surface area contributed by atoms with Crippen molar-refractivity contribution in [3.05, 3.63) is 66.0 Å². The molecule has 2 rings (SSSR count). The first-order valence-electron chi connectivity index (χ1n) is 5.45. The number of aliphatic hydroxyl groups is 1. The van der Waals surface area contributed by atoms with Gasteiger partial charge in [-0.05, 0) is 0 Å². The third-order valence-corrected chi connectivity index (χ3v) is 2.20. The Hall–Kier alpha value is -1.65. The SMILES string of the molecule is O=C(CC(O)=C1C=CC=C1)C(F)(F)F.[Fe].c1cc[cH-]c1. The van der Waals surface area contributed by atoms with Gasteiger partial charge in [0.1, 0.15) is 5.76 Å². The molecule has 0 unspecified atom stereocenters. The predicted octanol–water partition coefficient (Wildman–Crippen LogP) is 3.85. The normalized spacial score (nSPS) is 12.4. The van der Waals surface area contributed by atoms with Crippen molar-refractivity contribution in [3.8, 4) is 0 Å². The summed E-state index contributed by atoms with van der Waals surface area (Å²) < 4.78 is 35.3. The standard InChI is InChI=1S/C9H7F3O2.C5H5.Fe/c10-9(11,12)8(14)5-7(13)6-3-1-2-4-6;1-2-4-5-3-1;/h1-4,13H,5H2;1-5H;/q;-1;. The zero-order valence-electron chi connectivity index (χ0n) is 10.2. The molecule has 0 amide bonds. The van der Waals surface area contributed by atoms with E-state index in [9.17, 15) is 18.0 Å². The summed E-state index contributed by atoms with van der Waals surface area (Å²) in [6, 6.07) is 10.0. The van der Waals surface area contributed by atoms with Gasteiger partial charge in [-0.25, -0.2) is 12.1 Å². The van der Waals surface area contributed by atoms with Crippen molar-refractivity contribution in [1.29, 1.82) is 0 Å². The van der Waals surface area contributed by atoms with Gasteiger partial charge in [-0.1, -0.05) is 24.3 Å². The topological polar surface area (TPSA) is 37.3 Å². The Bertz CT molecular complexity index is 466. The van der Waals surface area contributed by atoms with E-state index in [-0.39, 0.29) is 22.6 Å². The second-order valence-corrected chi connectivity index (χ2v) is 3.68. The predicted molar refractivity (Wildman–Crippen MR) is 65.6 cm³/mol. The van der Waals surface area contributed by atoms with Crippen LogP contribution < -0.4 is 0 Å². The van der Waals surface area contributed by atoms with Crippen LogP contribution in [0.3, 0.4) is 0 Å². The number of alkyl halides is 3. The molecule has 1 N–H and O–H groups in total. The smallest absolute Gasteiger partial charge is 0.450 e. The van der Waals surface area contributed by atoms with Crippen molar-refractivity contribution < 1.29 is 40.1 Å². The van der Waals surface area contributed by atoms with Gasteiger partial charge < -0.3 is 5.11 Å². The van der Waals surface area contributed by atoms with Crippen molar-refractivity contribution in [2.75, 3.05) is 0 Å². The average molecular weight is 325 g/mol. The molecular formula is C14H12F3FeO2-. The Balaban J connectivity index is 0.000000507. The van der Waals surface area contributed by atoms with Crippen LogP contribution in [0.1, 0.15) is 6.42 Å². The van der Waals surface area contributed by atoms with E-state index in [1.807, 2.05) is 30.3 Å². The van der Waals surface area contributed by atoms with Crippen LogP contribution in [0.4, 0.5) is 13.2 Å². The number of hydrogen-bond acceptors (Lipinski definition) is 2. The molecule has 2 nitrogen and oxygen atoms in total. The van der Waals surface area contributed by atoms with Gasteiger partial charge in [0, 0.05) is 22.6 Å².